The summed E-state index contributed by atoms with van der Waals surface area (Å²) in [5.74, 6) is 1.38. The molecule has 0 aliphatic rings. The highest BCUT2D eigenvalue weighted by Gasteiger charge is 2.20. The van der Waals surface area contributed by atoms with Gasteiger partial charge in [0.2, 0.25) is 0 Å². The number of amides is 1. The first-order chi connectivity index (χ1) is 15.1. The van der Waals surface area contributed by atoms with Gasteiger partial charge in [-0.1, -0.05) is 26.0 Å². The van der Waals surface area contributed by atoms with E-state index in [0.29, 0.717) is 12.2 Å². The zero-order chi connectivity index (χ0) is 22.2. The van der Waals surface area contributed by atoms with Crippen LogP contribution in [-0.2, 0) is 0 Å². The summed E-state index contributed by atoms with van der Waals surface area (Å²) in [6, 6.07) is 17.3. The molecule has 0 saturated carbocycles. The maximum absolute atomic E-state index is 12.8. The van der Waals surface area contributed by atoms with Gasteiger partial charge < -0.3 is 14.8 Å². The molecule has 1 amide bonds. The van der Waals surface area contributed by atoms with Gasteiger partial charge in [-0.15, -0.1) is 0 Å². The second-order valence-corrected chi connectivity index (χ2v) is 7.07. The van der Waals surface area contributed by atoms with E-state index in [-0.39, 0.29) is 11.9 Å². The monoisotopic (exact) mass is 422 g/mol. The highest BCUT2D eigenvalue weighted by Crippen LogP contribution is 2.24. The topological polar surface area (TPSA) is 68.6 Å². The summed E-state index contributed by atoms with van der Waals surface area (Å²) in [4.78, 5) is 15.1. The minimum absolute atomic E-state index is 0.0396. The van der Waals surface area contributed by atoms with Crippen LogP contribution in [0.2, 0.25) is 0 Å². The van der Waals surface area contributed by atoms with Gasteiger partial charge >= 0.3 is 0 Å². The van der Waals surface area contributed by atoms with Crippen molar-refractivity contribution < 1.29 is 14.3 Å². The van der Waals surface area contributed by atoms with Crippen molar-refractivity contribution in [1.29, 1.82) is 0 Å². The number of rotatable bonds is 10. The van der Waals surface area contributed by atoms with E-state index in [9.17, 15) is 4.79 Å². The summed E-state index contributed by atoms with van der Waals surface area (Å²) in [7, 11) is 3.29. The van der Waals surface area contributed by atoms with Crippen LogP contribution in [0.25, 0.3) is 5.69 Å². The number of aromatic nitrogens is 2. The summed E-state index contributed by atoms with van der Waals surface area (Å²) in [5.41, 5.74) is 2.34. The number of hydrogen-bond donors (Lipinski definition) is 1. The molecule has 1 heterocycles. The van der Waals surface area contributed by atoms with Crippen LogP contribution in [0.1, 0.15) is 35.9 Å². The third-order valence-corrected chi connectivity index (χ3v) is 5.35. The molecule has 1 atom stereocenters. The third-order valence-electron chi connectivity index (χ3n) is 5.35. The molecule has 0 aliphatic heterocycles. The molecular weight excluding hydrogens is 392 g/mol. The lowest BCUT2D eigenvalue weighted by Gasteiger charge is -2.30. The minimum Gasteiger partial charge on any atom is -0.497 e. The van der Waals surface area contributed by atoms with Crippen LogP contribution in [-0.4, -0.2) is 54.4 Å². The van der Waals surface area contributed by atoms with Crippen LogP contribution in [0.15, 0.2) is 60.8 Å². The van der Waals surface area contributed by atoms with Gasteiger partial charge in [-0.2, -0.15) is 5.10 Å². The zero-order valence-corrected chi connectivity index (χ0v) is 18.5. The standard InChI is InChI=1S/C24H30N4O3/c1-5-27(6-2)23(18-8-7-9-21(16-18)31-4)17-25-24(29)22-14-15-28(26-22)19-10-12-20(30-3)13-11-19/h7-16,23H,5-6,17H2,1-4H3,(H,25,29). The lowest BCUT2D eigenvalue weighted by molar-refractivity contribution is 0.0929. The van der Waals surface area contributed by atoms with Gasteiger partial charge in [0.1, 0.15) is 11.5 Å². The van der Waals surface area contributed by atoms with E-state index in [1.807, 2.05) is 42.5 Å². The summed E-state index contributed by atoms with van der Waals surface area (Å²) in [5, 5.41) is 7.48. The van der Waals surface area contributed by atoms with Gasteiger partial charge in [0, 0.05) is 12.7 Å². The smallest absolute Gasteiger partial charge is 0.271 e. The molecule has 0 spiro atoms. The zero-order valence-electron chi connectivity index (χ0n) is 18.5. The summed E-state index contributed by atoms with van der Waals surface area (Å²) >= 11 is 0. The van der Waals surface area contributed by atoms with Gasteiger partial charge in [-0.05, 0) is 61.1 Å². The molecule has 7 heteroatoms. The summed E-state index contributed by atoms with van der Waals surface area (Å²) in [6.45, 7) is 6.47. The molecular formula is C24H30N4O3. The summed E-state index contributed by atoms with van der Waals surface area (Å²) in [6.07, 6.45) is 1.78. The highest BCUT2D eigenvalue weighted by molar-refractivity contribution is 5.92. The Balaban J connectivity index is 1.72. The fourth-order valence-corrected chi connectivity index (χ4v) is 3.57. The van der Waals surface area contributed by atoms with Crippen molar-refractivity contribution in [3.05, 3.63) is 72.1 Å². The second-order valence-electron chi connectivity index (χ2n) is 7.07. The molecule has 0 saturated heterocycles. The van der Waals surface area contributed by atoms with Crippen LogP contribution >= 0.6 is 0 Å². The van der Waals surface area contributed by atoms with Crippen LogP contribution < -0.4 is 14.8 Å². The molecule has 3 rings (SSSR count). The quantitative estimate of drug-likeness (QED) is 0.540. The van der Waals surface area contributed by atoms with E-state index >= 15 is 0 Å². The SMILES string of the molecule is CCN(CC)C(CNC(=O)c1ccn(-c2ccc(OC)cc2)n1)c1cccc(OC)c1. The Morgan fingerprint density at radius 1 is 1.03 bits per heavy atom. The number of methoxy groups -OCH3 is 2. The van der Waals surface area contributed by atoms with Gasteiger partial charge in [-0.3, -0.25) is 9.69 Å². The number of nitrogens with zero attached hydrogens (tertiary/aromatic N) is 3. The Kier molecular flexibility index (Phi) is 7.67. The van der Waals surface area contributed by atoms with Crippen molar-refractivity contribution in [2.45, 2.75) is 19.9 Å². The van der Waals surface area contributed by atoms with Gasteiger partial charge in [-0.25, -0.2) is 4.68 Å². The van der Waals surface area contributed by atoms with E-state index in [1.54, 1.807) is 31.2 Å². The average Bonchev–Trinajstić information content (AvgIpc) is 3.32. The molecule has 0 aliphatic carbocycles. The van der Waals surface area contributed by atoms with Crippen molar-refractivity contribution in [2.75, 3.05) is 33.9 Å². The Morgan fingerprint density at radius 2 is 1.74 bits per heavy atom. The number of carbonyl (C=O) groups is 1. The van der Waals surface area contributed by atoms with Crippen molar-refractivity contribution >= 4 is 5.91 Å². The highest BCUT2D eigenvalue weighted by atomic mass is 16.5. The normalized spacial score (nSPS) is 11.9. The molecule has 0 bridgehead atoms. The largest absolute Gasteiger partial charge is 0.497 e. The van der Waals surface area contributed by atoms with Gasteiger partial charge in [0.15, 0.2) is 5.69 Å². The number of carbonyl (C=O) groups excluding carboxylic acids is 1. The lowest BCUT2D eigenvalue weighted by atomic mass is 10.0. The first-order valence-electron chi connectivity index (χ1n) is 10.5. The fourth-order valence-electron chi connectivity index (χ4n) is 3.57. The number of likely N-dealkylation sites (N-methyl/N-ethyl adjacent to an activating group) is 1. The van der Waals surface area contributed by atoms with E-state index in [0.717, 1.165) is 35.8 Å². The Morgan fingerprint density at radius 3 is 2.39 bits per heavy atom. The number of hydrogen-bond acceptors (Lipinski definition) is 5. The van der Waals surface area contributed by atoms with Crippen LogP contribution in [0, 0.1) is 0 Å². The van der Waals surface area contributed by atoms with Crippen molar-refractivity contribution in [3.63, 3.8) is 0 Å². The molecule has 164 valence electrons. The molecule has 1 aromatic heterocycles. The predicted molar refractivity (Wildman–Crippen MR) is 121 cm³/mol. The first-order valence-corrected chi connectivity index (χ1v) is 10.5. The number of nitrogens with one attached hydrogen (secondary N) is 1. The van der Waals surface area contributed by atoms with Crippen molar-refractivity contribution in [1.82, 2.24) is 20.0 Å². The Labute approximate surface area is 183 Å². The fraction of sp³-hybridized carbons (Fsp3) is 0.333. The lowest BCUT2D eigenvalue weighted by Crippen LogP contribution is -2.38. The molecule has 2 aromatic carbocycles. The average molecular weight is 423 g/mol. The predicted octanol–water partition coefficient (Wildman–Crippen LogP) is 3.70. The van der Waals surface area contributed by atoms with Gasteiger partial charge in [0.05, 0.1) is 25.9 Å². The molecule has 1 N–H and O–H groups in total. The van der Waals surface area contributed by atoms with E-state index in [4.69, 9.17) is 9.47 Å². The second kappa shape index (κ2) is 10.6. The number of benzene rings is 2. The van der Waals surface area contributed by atoms with E-state index in [1.165, 1.54) is 0 Å². The molecule has 0 fully saturated rings. The first kappa shape index (κ1) is 22.4. The van der Waals surface area contributed by atoms with Crippen LogP contribution in [0.5, 0.6) is 11.5 Å². The number of ether oxygens (including phenoxy) is 2. The Hall–Kier alpha value is -3.32. The van der Waals surface area contributed by atoms with Crippen molar-refractivity contribution in [2.24, 2.45) is 0 Å². The van der Waals surface area contributed by atoms with Crippen molar-refractivity contribution in [3.8, 4) is 17.2 Å². The molecule has 3 aromatic rings. The van der Waals surface area contributed by atoms with E-state index in [2.05, 4.69) is 35.2 Å². The Bertz CT molecular complexity index is 980. The molecule has 7 nitrogen and oxygen atoms in total. The van der Waals surface area contributed by atoms with Crippen LogP contribution in [0.4, 0.5) is 0 Å². The minimum atomic E-state index is -0.202. The summed E-state index contributed by atoms with van der Waals surface area (Å²) < 4.78 is 12.2. The maximum atomic E-state index is 12.8. The molecule has 1 unspecified atom stereocenters. The maximum Gasteiger partial charge on any atom is 0.271 e. The molecule has 31 heavy (non-hydrogen) atoms. The third kappa shape index (κ3) is 5.44. The molecule has 0 radical (unpaired) electrons. The van der Waals surface area contributed by atoms with Crippen LogP contribution in [0.3, 0.4) is 0 Å². The van der Waals surface area contributed by atoms with Gasteiger partial charge in [0.25, 0.3) is 5.91 Å². The van der Waals surface area contributed by atoms with E-state index < -0.39 is 0 Å².